The predicted octanol–water partition coefficient (Wildman–Crippen LogP) is 2.58. The number of rotatable bonds is 3. The predicted molar refractivity (Wildman–Crippen MR) is 75.4 cm³/mol. The number of hydrogen-bond acceptors (Lipinski definition) is 3. The van der Waals surface area contributed by atoms with Gasteiger partial charge in [-0.05, 0) is 28.8 Å². The highest BCUT2D eigenvalue weighted by molar-refractivity contribution is 5.62. The fourth-order valence-electron chi connectivity index (χ4n) is 2.04. The third kappa shape index (κ3) is 2.63. The van der Waals surface area contributed by atoms with Gasteiger partial charge in [-0.25, -0.2) is 0 Å². The van der Waals surface area contributed by atoms with Gasteiger partial charge in [0.25, 0.3) is 0 Å². The van der Waals surface area contributed by atoms with Crippen molar-refractivity contribution in [1.82, 2.24) is 14.8 Å². The van der Waals surface area contributed by atoms with Crippen LogP contribution in [0.2, 0.25) is 0 Å². The normalized spacial score (nSPS) is 10.5. The van der Waals surface area contributed by atoms with Crippen LogP contribution in [-0.2, 0) is 6.54 Å². The van der Waals surface area contributed by atoms with Crippen molar-refractivity contribution in [3.05, 3.63) is 66.7 Å². The molecular formula is C15H14N4. The lowest BCUT2D eigenvalue weighted by atomic mass is 10.1. The highest BCUT2D eigenvalue weighted by Crippen LogP contribution is 2.19. The van der Waals surface area contributed by atoms with Crippen molar-refractivity contribution in [2.45, 2.75) is 6.54 Å². The van der Waals surface area contributed by atoms with Crippen molar-refractivity contribution in [3.8, 4) is 11.1 Å². The first-order valence-electron chi connectivity index (χ1n) is 6.08. The molecule has 94 valence electrons. The molecule has 19 heavy (non-hydrogen) atoms. The van der Waals surface area contributed by atoms with E-state index >= 15 is 0 Å². The van der Waals surface area contributed by atoms with Crippen LogP contribution in [0.25, 0.3) is 11.1 Å². The Hall–Kier alpha value is -2.62. The molecule has 1 aromatic carbocycles. The van der Waals surface area contributed by atoms with Gasteiger partial charge in [0, 0.05) is 18.6 Å². The number of anilines is 1. The number of hydrogen-bond donors (Lipinski definition) is 1. The number of nitrogen functional groups attached to an aromatic ring is 1. The Bertz CT molecular complexity index is 673. The fraction of sp³-hybridized carbons (Fsp3) is 0.0667. The maximum atomic E-state index is 5.66. The number of nitrogens with zero attached hydrogens (tertiary/aromatic N) is 3. The molecule has 0 aliphatic heterocycles. The van der Waals surface area contributed by atoms with Gasteiger partial charge in [0.05, 0.1) is 18.4 Å². The van der Waals surface area contributed by atoms with Crippen LogP contribution in [0.1, 0.15) is 5.56 Å². The van der Waals surface area contributed by atoms with E-state index < -0.39 is 0 Å². The van der Waals surface area contributed by atoms with Gasteiger partial charge >= 0.3 is 0 Å². The van der Waals surface area contributed by atoms with Gasteiger partial charge in [0.15, 0.2) is 0 Å². The third-order valence-corrected chi connectivity index (χ3v) is 2.92. The summed E-state index contributed by atoms with van der Waals surface area (Å²) in [5.41, 5.74) is 9.80. The van der Waals surface area contributed by atoms with Crippen molar-refractivity contribution in [2.75, 3.05) is 5.73 Å². The van der Waals surface area contributed by atoms with Crippen LogP contribution in [0.3, 0.4) is 0 Å². The van der Waals surface area contributed by atoms with E-state index in [1.54, 1.807) is 12.4 Å². The molecule has 0 unspecified atom stereocenters. The molecule has 3 aromatic rings. The minimum Gasteiger partial charge on any atom is -0.396 e. The van der Waals surface area contributed by atoms with Crippen molar-refractivity contribution in [2.24, 2.45) is 0 Å². The molecule has 3 rings (SSSR count). The van der Waals surface area contributed by atoms with E-state index in [0.717, 1.165) is 11.1 Å². The topological polar surface area (TPSA) is 56.7 Å². The second-order valence-corrected chi connectivity index (χ2v) is 4.41. The largest absolute Gasteiger partial charge is 0.396 e. The van der Waals surface area contributed by atoms with Gasteiger partial charge in [-0.3, -0.25) is 9.67 Å². The SMILES string of the molecule is Nc1cnn(Cc2cccc(-c3cccnc3)c2)c1. The molecule has 4 heteroatoms. The second kappa shape index (κ2) is 4.94. The molecule has 0 aliphatic carbocycles. The summed E-state index contributed by atoms with van der Waals surface area (Å²) in [5.74, 6) is 0. The molecule has 0 radical (unpaired) electrons. The van der Waals surface area contributed by atoms with Crippen LogP contribution in [0, 0.1) is 0 Å². The molecule has 2 aromatic heterocycles. The standard InChI is InChI=1S/C15H14N4/c16-15-9-18-19(11-15)10-12-3-1-4-13(7-12)14-5-2-6-17-8-14/h1-9,11H,10,16H2. The number of benzene rings is 1. The molecule has 0 aliphatic rings. The maximum absolute atomic E-state index is 5.66. The Labute approximate surface area is 111 Å². The molecule has 0 fully saturated rings. The van der Waals surface area contributed by atoms with Crippen LogP contribution in [-0.4, -0.2) is 14.8 Å². The first-order chi connectivity index (χ1) is 9.31. The Morgan fingerprint density at radius 1 is 1.05 bits per heavy atom. The Morgan fingerprint density at radius 2 is 1.95 bits per heavy atom. The quantitative estimate of drug-likeness (QED) is 0.777. The van der Waals surface area contributed by atoms with E-state index in [1.165, 1.54) is 5.56 Å². The van der Waals surface area contributed by atoms with E-state index in [2.05, 4.69) is 34.3 Å². The highest BCUT2D eigenvalue weighted by atomic mass is 15.3. The van der Waals surface area contributed by atoms with Crippen LogP contribution >= 0.6 is 0 Å². The minimum absolute atomic E-state index is 0.684. The fourth-order valence-corrected chi connectivity index (χ4v) is 2.04. The lowest BCUT2D eigenvalue weighted by Gasteiger charge is -2.05. The van der Waals surface area contributed by atoms with Gasteiger partial charge in [-0.2, -0.15) is 5.10 Å². The Balaban J connectivity index is 1.88. The number of aromatic nitrogens is 3. The molecule has 0 atom stereocenters. The van der Waals surface area contributed by atoms with Gasteiger partial charge in [0.1, 0.15) is 0 Å². The average Bonchev–Trinajstić information content (AvgIpc) is 2.85. The third-order valence-electron chi connectivity index (χ3n) is 2.92. The Kier molecular flexibility index (Phi) is 2.98. The molecule has 2 heterocycles. The number of pyridine rings is 1. The summed E-state index contributed by atoms with van der Waals surface area (Å²) in [6.45, 7) is 0.714. The molecule has 4 nitrogen and oxygen atoms in total. The molecular weight excluding hydrogens is 236 g/mol. The van der Waals surface area contributed by atoms with Crippen LogP contribution in [0.5, 0.6) is 0 Å². The van der Waals surface area contributed by atoms with Crippen molar-refractivity contribution < 1.29 is 0 Å². The van der Waals surface area contributed by atoms with E-state index in [1.807, 2.05) is 29.2 Å². The zero-order chi connectivity index (χ0) is 13.1. The molecule has 0 bridgehead atoms. The zero-order valence-electron chi connectivity index (χ0n) is 10.4. The number of nitrogens with two attached hydrogens (primary N) is 1. The molecule has 2 N–H and O–H groups in total. The second-order valence-electron chi connectivity index (χ2n) is 4.41. The summed E-state index contributed by atoms with van der Waals surface area (Å²) >= 11 is 0. The van der Waals surface area contributed by atoms with E-state index in [-0.39, 0.29) is 0 Å². The average molecular weight is 250 g/mol. The molecule has 0 spiro atoms. The molecule has 0 saturated heterocycles. The maximum Gasteiger partial charge on any atom is 0.0719 e. The van der Waals surface area contributed by atoms with Gasteiger partial charge in [-0.15, -0.1) is 0 Å². The van der Waals surface area contributed by atoms with E-state index in [0.29, 0.717) is 12.2 Å². The van der Waals surface area contributed by atoms with E-state index in [4.69, 9.17) is 5.73 Å². The van der Waals surface area contributed by atoms with Gasteiger partial charge in [-0.1, -0.05) is 24.3 Å². The van der Waals surface area contributed by atoms with Crippen LogP contribution < -0.4 is 5.73 Å². The van der Waals surface area contributed by atoms with Gasteiger partial charge in [0.2, 0.25) is 0 Å². The summed E-state index contributed by atoms with van der Waals surface area (Å²) in [5, 5.41) is 4.19. The van der Waals surface area contributed by atoms with Crippen LogP contribution in [0.4, 0.5) is 5.69 Å². The first-order valence-corrected chi connectivity index (χ1v) is 6.08. The Morgan fingerprint density at radius 3 is 2.68 bits per heavy atom. The minimum atomic E-state index is 0.684. The summed E-state index contributed by atoms with van der Waals surface area (Å²) in [6, 6.07) is 12.4. The summed E-state index contributed by atoms with van der Waals surface area (Å²) in [4.78, 5) is 4.14. The molecule has 0 amide bonds. The first kappa shape index (κ1) is 11.5. The summed E-state index contributed by atoms with van der Waals surface area (Å²) in [7, 11) is 0. The monoisotopic (exact) mass is 250 g/mol. The zero-order valence-corrected chi connectivity index (χ0v) is 10.4. The molecule has 0 saturated carbocycles. The van der Waals surface area contributed by atoms with Crippen molar-refractivity contribution in [3.63, 3.8) is 0 Å². The van der Waals surface area contributed by atoms with Crippen molar-refractivity contribution in [1.29, 1.82) is 0 Å². The lowest BCUT2D eigenvalue weighted by Crippen LogP contribution is -1.99. The lowest BCUT2D eigenvalue weighted by molar-refractivity contribution is 0.687. The smallest absolute Gasteiger partial charge is 0.0719 e. The summed E-state index contributed by atoms with van der Waals surface area (Å²) in [6.07, 6.45) is 7.13. The summed E-state index contributed by atoms with van der Waals surface area (Å²) < 4.78 is 1.83. The van der Waals surface area contributed by atoms with Crippen LogP contribution in [0.15, 0.2) is 61.2 Å². The van der Waals surface area contributed by atoms with Crippen molar-refractivity contribution >= 4 is 5.69 Å². The van der Waals surface area contributed by atoms with Gasteiger partial charge < -0.3 is 5.73 Å². The van der Waals surface area contributed by atoms with E-state index in [9.17, 15) is 0 Å². The highest BCUT2D eigenvalue weighted by Gasteiger charge is 2.01.